The Hall–Kier alpha value is -1.82. The molecule has 1 aromatic heterocycles. The molecule has 2 aromatic rings. The topological polar surface area (TPSA) is 59.0 Å². The molecule has 2 N–H and O–H groups in total. The first-order chi connectivity index (χ1) is 11.5. The molecule has 1 heterocycles. The van der Waals surface area contributed by atoms with Crippen molar-refractivity contribution >= 4 is 22.0 Å². The van der Waals surface area contributed by atoms with Crippen LogP contribution in [0.5, 0.6) is 0 Å². The minimum absolute atomic E-state index is 0.0559. The van der Waals surface area contributed by atoms with Crippen LogP contribution in [0.1, 0.15) is 49.7 Å². The normalized spacial score (nSPS) is 17.0. The zero-order valence-corrected chi connectivity index (χ0v) is 15.6. The number of carbonyl (C=O) groups excluding carboxylic acids is 1. The summed E-state index contributed by atoms with van der Waals surface area (Å²) >= 11 is 3.47. The molecular weight excluding hydrogens is 368 g/mol. The van der Waals surface area contributed by atoms with Crippen molar-refractivity contribution in [2.24, 2.45) is 13.0 Å². The predicted molar refractivity (Wildman–Crippen MR) is 97.5 cm³/mol. The first kappa shape index (κ1) is 17.0. The van der Waals surface area contributed by atoms with Gasteiger partial charge in [-0.05, 0) is 43.4 Å². The second-order valence-electron chi connectivity index (χ2n) is 6.46. The summed E-state index contributed by atoms with van der Waals surface area (Å²) in [6.45, 7) is 1.94. The Morgan fingerprint density at radius 3 is 2.54 bits per heavy atom. The molecule has 2 unspecified atom stereocenters. The Labute approximate surface area is 151 Å². The first-order valence-electron chi connectivity index (χ1n) is 8.34. The quantitative estimate of drug-likeness (QED) is 0.807. The van der Waals surface area contributed by atoms with Crippen LogP contribution in [0.3, 0.4) is 0 Å². The van der Waals surface area contributed by atoms with Gasteiger partial charge in [-0.2, -0.15) is 0 Å². The fraction of sp³-hybridized carbons (Fsp3) is 0.444. The van der Waals surface area contributed by atoms with Crippen LogP contribution in [0.25, 0.3) is 0 Å². The van der Waals surface area contributed by atoms with Gasteiger partial charge in [0.25, 0.3) is 0 Å². The predicted octanol–water partition coefficient (Wildman–Crippen LogP) is 4.08. The number of hydrogen-bond acceptors (Lipinski definition) is 2. The van der Waals surface area contributed by atoms with E-state index in [1.165, 1.54) is 6.42 Å². The van der Waals surface area contributed by atoms with Gasteiger partial charge >= 0.3 is 6.03 Å². The molecule has 6 heteroatoms. The fourth-order valence-corrected chi connectivity index (χ4v) is 3.42. The van der Waals surface area contributed by atoms with E-state index in [2.05, 4.69) is 43.7 Å². The van der Waals surface area contributed by atoms with Crippen LogP contribution in [0.4, 0.5) is 4.79 Å². The van der Waals surface area contributed by atoms with Gasteiger partial charge in [-0.3, -0.25) is 0 Å². The third-order valence-electron chi connectivity index (χ3n) is 4.73. The molecule has 0 spiro atoms. The number of amides is 2. The first-order valence-corrected chi connectivity index (χ1v) is 9.13. The van der Waals surface area contributed by atoms with Gasteiger partial charge in [-0.15, -0.1) is 0 Å². The van der Waals surface area contributed by atoms with Crippen LogP contribution < -0.4 is 10.6 Å². The summed E-state index contributed by atoms with van der Waals surface area (Å²) < 4.78 is 2.97. The van der Waals surface area contributed by atoms with Crippen LogP contribution in [0.2, 0.25) is 0 Å². The smallest absolute Gasteiger partial charge is 0.315 e. The Kier molecular flexibility index (Phi) is 5.23. The molecular formula is C18H23BrN4O. The van der Waals surface area contributed by atoms with E-state index < -0.39 is 0 Å². The van der Waals surface area contributed by atoms with Crippen molar-refractivity contribution in [3.63, 3.8) is 0 Å². The average Bonchev–Trinajstić information content (AvgIpc) is 2.92. The number of aromatic nitrogens is 2. The third kappa shape index (κ3) is 3.80. The van der Waals surface area contributed by atoms with Crippen LogP contribution in [0, 0.1) is 5.92 Å². The summed E-state index contributed by atoms with van der Waals surface area (Å²) in [5.74, 6) is 1.36. The number of halogens is 1. The molecule has 1 fully saturated rings. The average molecular weight is 391 g/mol. The van der Waals surface area contributed by atoms with Crippen molar-refractivity contribution in [2.45, 2.75) is 38.3 Å². The maximum Gasteiger partial charge on any atom is 0.315 e. The summed E-state index contributed by atoms with van der Waals surface area (Å²) in [4.78, 5) is 16.8. The molecule has 24 heavy (non-hydrogen) atoms. The number of urea groups is 1. The number of hydrogen-bond donors (Lipinski definition) is 2. The van der Waals surface area contributed by atoms with E-state index in [0.29, 0.717) is 5.92 Å². The highest BCUT2D eigenvalue weighted by molar-refractivity contribution is 9.10. The number of nitrogens with one attached hydrogen (secondary N) is 2. The van der Waals surface area contributed by atoms with E-state index in [1.54, 1.807) is 6.20 Å². The molecule has 0 bridgehead atoms. The van der Waals surface area contributed by atoms with Crippen LogP contribution in [-0.2, 0) is 7.05 Å². The number of aryl methyl sites for hydroxylation is 1. The highest BCUT2D eigenvalue weighted by Gasteiger charge is 2.30. The molecule has 2 amide bonds. The Balaban J connectivity index is 1.67. The summed E-state index contributed by atoms with van der Waals surface area (Å²) in [7, 11) is 1.93. The zero-order chi connectivity index (χ0) is 17.1. The van der Waals surface area contributed by atoms with Crippen molar-refractivity contribution in [3.8, 4) is 0 Å². The van der Waals surface area contributed by atoms with E-state index in [-0.39, 0.29) is 18.1 Å². The lowest BCUT2D eigenvalue weighted by atomic mass is 9.77. The summed E-state index contributed by atoms with van der Waals surface area (Å²) in [5, 5.41) is 6.16. The molecule has 1 aliphatic carbocycles. The molecule has 3 rings (SSSR count). The van der Waals surface area contributed by atoms with Crippen molar-refractivity contribution in [1.29, 1.82) is 0 Å². The van der Waals surface area contributed by atoms with E-state index in [9.17, 15) is 4.79 Å². The largest absolute Gasteiger partial charge is 0.336 e. The van der Waals surface area contributed by atoms with Gasteiger partial charge < -0.3 is 15.2 Å². The van der Waals surface area contributed by atoms with E-state index >= 15 is 0 Å². The molecule has 1 aliphatic rings. The minimum Gasteiger partial charge on any atom is -0.336 e. The Morgan fingerprint density at radius 1 is 1.29 bits per heavy atom. The number of carbonyl (C=O) groups is 1. The van der Waals surface area contributed by atoms with Gasteiger partial charge in [0.1, 0.15) is 5.82 Å². The van der Waals surface area contributed by atoms with Crippen molar-refractivity contribution in [1.82, 2.24) is 20.2 Å². The zero-order valence-electron chi connectivity index (χ0n) is 14.0. The number of rotatable bonds is 5. The van der Waals surface area contributed by atoms with Crippen LogP contribution in [0.15, 0.2) is 41.1 Å². The molecule has 0 radical (unpaired) electrons. The van der Waals surface area contributed by atoms with Crippen LogP contribution >= 0.6 is 15.9 Å². The van der Waals surface area contributed by atoms with Gasteiger partial charge in [0.2, 0.25) is 0 Å². The highest BCUT2D eigenvalue weighted by Crippen LogP contribution is 2.38. The SMILES string of the molecule is CC(NC(=O)NC(c1ccc(Br)cc1)C1CCC1)c1nccn1C. The standard InChI is InChI=1S/C18H23BrN4O/c1-12(17-20-10-11-23(17)2)21-18(24)22-16(13-4-3-5-13)14-6-8-15(19)9-7-14/h6-13,16H,3-5H2,1-2H3,(H2,21,22,24). The second-order valence-corrected chi connectivity index (χ2v) is 7.37. The van der Waals surface area contributed by atoms with Gasteiger partial charge in [-0.1, -0.05) is 34.5 Å². The monoisotopic (exact) mass is 390 g/mol. The molecule has 0 saturated heterocycles. The Morgan fingerprint density at radius 2 is 2.00 bits per heavy atom. The molecule has 5 nitrogen and oxygen atoms in total. The fourth-order valence-electron chi connectivity index (χ4n) is 3.16. The lowest BCUT2D eigenvalue weighted by Gasteiger charge is -2.35. The molecule has 2 atom stereocenters. The number of nitrogens with zero attached hydrogens (tertiary/aromatic N) is 2. The molecule has 1 saturated carbocycles. The maximum atomic E-state index is 12.5. The molecule has 1 aromatic carbocycles. The van der Waals surface area contributed by atoms with Crippen molar-refractivity contribution in [3.05, 3.63) is 52.5 Å². The van der Waals surface area contributed by atoms with Crippen LogP contribution in [-0.4, -0.2) is 15.6 Å². The lowest BCUT2D eigenvalue weighted by Crippen LogP contribution is -2.43. The molecule has 128 valence electrons. The summed E-state index contributed by atoms with van der Waals surface area (Å²) in [5.41, 5.74) is 1.16. The van der Waals surface area contributed by atoms with E-state index in [4.69, 9.17) is 0 Å². The maximum absolute atomic E-state index is 12.5. The lowest BCUT2D eigenvalue weighted by molar-refractivity contribution is 0.205. The second kappa shape index (κ2) is 7.38. The number of imidazole rings is 1. The summed E-state index contributed by atoms with van der Waals surface area (Å²) in [6.07, 6.45) is 7.19. The Bertz CT molecular complexity index is 693. The van der Waals surface area contributed by atoms with Gasteiger partial charge in [0.05, 0.1) is 12.1 Å². The number of benzene rings is 1. The summed E-state index contributed by atoms with van der Waals surface area (Å²) in [6, 6.07) is 7.97. The highest BCUT2D eigenvalue weighted by atomic mass is 79.9. The van der Waals surface area contributed by atoms with E-state index in [1.807, 2.05) is 36.9 Å². The molecule has 0 aliphatic heterocycles. The van der Waals surface area contributed by atoms with Gasteiger partial charge in [0, 0.05) is 23.9 Å². The third-order valence-corrected chi connectivity index (χ3v) is 5.26. The minimum atomic E-state index is -0.148. The van der Waals surface area contributed by atoms with E-state index in [0.717, 1.165) is 28.7 Å². The van der Waals surface area contributed by atoms with Crippen molar-refractivity contribution in [2.75, 3.05) is 0 Å². The van der Waals surface area contributed by atoms with Gasteiger partial charge in [-0.25, -0.2) is 9.78 Å². The van der Waals surface area contributed by atoms with Gasteiger partial charge in [0.15, 0.2) is 0 Å². The van der Waals surface area contributed by atoms with Crippen molar-refractivity contribution < 1.29 is 4.79 Å².